The molecule has 2 aliphatic carbocycles. The van der Waals surface area contributed by atoms with Gasteiger partial charge < -0.3 is 22.1 Å². The number of primary amides is 1. The fraction of sp³-hybridized carbons (Fsp3) is 0.435. The predicted molar refractivity (Wildman–Crippen MR) is 122 cm³/mol. The first-order valence-electron chi connectivity index (χ1n) is 11.2. The summed E-state index contributed by atoms with van der Waals surface area (Å²) in [4.78, 5) is 16.4. The number of carbonyl (C=O) groups is 1. The van der Waals surface area contributed by atoms with Crippen molar-refractivity contribution in [3.63, 3.8) is 0 Å². The van der Waals surface area contributed by atoms with Crippen LogP contribution in [0, 0.1) is 11.7 Å². The zero-order valence-corrected chi connectivity index (χ0v) is 17.9. The quantitative estimate of drug-likeness (QED) is 0.448. The standard InChI is InChI=1S/C23H28FN7O/c24-16-10-14(21(26)32)22(30-23(16)29-19-5-2-1-4-17(19)25)28-18-6-3-7-20-15(18)11-27-31(20)12-13-8-9-13/h3,6-7,10-11,13,17,19H,1-2,4-5,8-9,12,25H2,(H2,26,32)(H2,28,29,30). The fourth-order valence-electron chi connectivity index (χ4n) is 4.42. The summed E-state index contributed by atoms with van der Waals surface area (Å²) in [5.74, 6) is -0.423. The molecule has 8 nitrogen and oxygen atoms in total. The molecule has 2 unspecified atom stereocenters. The Hall–Kier alpha value is -3.20. The molecular formula is C23H28FN7O. The molecule has 2 aromatic heterocycles. The van der Waals surface area contributed by atoms with Crippen LogP contribution < -0.4 is 22.1 Å². The van der Waals surface area contributed by atoms with Gasteiger partial charge in [-0.25, -0.2) is 9.37 Å². The summed E-state index contributed by atoms with van der Waals surface area (Å²) in [6.45, 7) is 0.893. The number of nitrogens with two attached hydrogens (primary N) is 2. The van der Waals surface area contributed by atoms with Crippen molar-refractivity contribution in [1.82, 2.24) is 14.8 Å². The molecule has 168 valence electrons. The van der Waals surface area contributed by atoms with Gasteiger partial charge in [-0.15, -0.1) is 0 Å². The van der Waals surface area contributed by atoms with Crippen molar-refractivity contribution in [2.45, 2.75) is 57.2 Å². The Morgan fingerprint density at radius 2 is 2.00 bits per heavy atom. The number of aromatic nitrogens is 3. The van der Waals surface area contributed by atoms with E-state index >= 15 is 0 Å². The molecule has 2 atom stereocenters. The molecule has 5 rings (SSSR count). The Morgan fingerprint density at radius 3 is 2.75 bits per heavy atom. The van der Waals surface area contributed by atoms with Crippen molar-refractivity contribution in [2.24, 2.45) is 17.4 Å². The summed E-state index contributed by atoms with van der Waals surface area (Å²) in [5, 5.41) is 11.8. The summed E-state index contributed by atoms with van der Waals surface area (Å²) in [6, 6.07) is 6.81. The SMILES string of the molecule is NC(=O)c1cc(F)c(NC2CCCCC2N)nc1Nc1cccc2c1cnn2CC1CC1. The first kappa shape index (κ1) is 20.7. The van der Waals surface area contributed by atoms with Gasteiger partial charge in [0.2, 0.25) is 0 Å². The Morgan fingerprint density at radius 1 is 1.19 bits per heavy atom. The van der Waals surface area contributed by atoms with E-state index < -0.39 is 11.7 Å². The van der Waals surface area contributed by atoms with Crippen molar-refractivity contribution in [3.05, 3.63) is 41.8 Å². The van der Waals surface area contributed by atoms with Gasteiger partial charge in [0.15, 0.2) is 11.6 Å². The Bertz CT molecular complexity index is 1160. The molecule has 0 spiro atoms. The number of anilines is 3. The number of rotatable bonds is 7. The number of carbonyl (C=O) groups excluding carboxylic acids is 1. The third-order valence-corrected chi connectivity index (χ3v) is 6.45. The highest BCUT2D eigenvalue weighted by Gasteiger charge is 2.25. The number of benzene rings is 1. The molecule has 2 fully saturated rings. The van der Waals surface area contributed by atoms with E-state index in [9.17, 15) is 9.18 Å². The minimum absolute atomic E-state index is 0.0108. The molecule has 3 aromatic rings. The van der Waals surface area contributed by atoms with Crippen LogP contribution in [0.15, 0.2) is 30.5 Å². The van der Waals surface area contributed by atoms with E-state index in [0.29, 0.717) is 5.92 Å². The van der Waals surface area contributed by atoms with Crippen molar-refractivity contribution in [3.8, 4) is 0 Å². The van der Waals surface area contributed by atoms with Crippen LogP contribution in [-0.2, 0) is 6.54 Å². The van der Waals surface area contributed by atoms with Gasteiger partial charge >= 0.3 is 0 Å². The van der Waals surface area contributed by atoms with Crippen LogP contribution in [0.4, 0.5) is 21.7 Å². The monoisotopic (exact) mass is 437 g/mol. The fourth-order valence-corrected chi connectivity index (χ4v) is 4.42. The van der Waals surface area contributed by atoms with Crippen molar-refractivity contribution < 1.29 is 9.18 Å². The largest absolute Gasteiger partial charge is 0.365 e. The van der Waals surface area contributed by atoms with Gasteiger partial charge in [0, 0.05) is 24.0 Å². The maximum Gasteiger partial charge on any atom is 0.252 e. The van der Waals surface area contributed by atoms with Gasteiger partial charge in [-0.3, -0.25) is 9.48 Å². The highest BCUT2D eigenvalue weighted by molar-refractivity contribution is 6.00. The minimum atomic E-state index is -0.753. The zero-order valence-electron chi connectivity index (χ0n) is 17.9. The number of hydrogen-bond donors (Lipinski definition) is 4. The molecule has 32 heavy (non-hydrogen) atoms. The number of pyridine rings is 1. The van der Waals surface area contributed by atoms with Crippen molar-refractivity contribution in [1.29, 1.82) is 0 Å². The van der Waals surface area contributed by atoms with E-state index in [2.05, 4.69) is 20.7 Å². The molecule has 0 saturated heterocycles. The lowest BCUT2D eigenvalue weighted by Crippen LogP contribution is -2.43. The second-order valence-electron chi connectivity index (χ2n) is 8.91. The zero-order chi connectivity index (χ0) is 22.2. The van der Waals surface area contributed by atoms with E-state index in [1.165, 1.54) is 12.8 Å². The number of hydrogen-bond acceptors (Lipinski definition) is 6. The summed E-state index contributed by atoms with van der Waals surface area (Å²) in [7, 11) is 0. The minimum Gasteiger partial charge on any atom is -0.365 e. The van der Waals surface area contributed by atoms with Crippen LogP contribution in [0.2, 0.25) is 0 Å². The Labute approximate surface area is 185 Å². The van der Waals surface area contributed by atoms with Gasteiger partial charge in [0.05, 0.1) is 23.0 Å². The first-order chi connectivity index (χ1) is 15.5. The lowest BCUT2D eigenvalue weighted by molar-refractivity contribution is 0.100. The molecular weight excluding hydrogens is 409 g/mol. The Kier molecular flexibility index (Phi) is 5.42. The summed E-state index contributed by atoms with van der Waals surface area (Å²) in [5.41, 5.74) is 13.5. The van der Waals surface area contributed by atoms with Crippen LogP contribution >= 0.6 is 0 Å². The van der Waals surface area contributed by atoms with Crippen LogP contribution in [0.3, 0.4) is 0 Å². The molecule has 2 heterocycles. The highest BCUT2D eigenvalue weighted by atomic mass is 19.1. The third kappa shape index (κ3) is 4.12. The van der Waals surface area contributed by atoms with Crippen LogP contribution in [0.25, 0.3) is 10.9 Å². The molecule has 1 aromatic carbocycles. The molecule has 6 N–H and O–H groups in total. The number of amides is 1. The predicted octanol–water partition coefficient (Wildman–Crippen LogP) is 3.50. The van der Waals surface area contributed by atoms with E-state index in [1.807, 2.05) is 22.9 Å². The number of halogens is 1. The topological polar surface area (TPSA) is 124 Å². The summed E-state index contributed by atoms with van der Waals surface area (Å²) in [6.07, 6.45) is 8.11. The molecule has 0 bridgehead atoms. The lowest BCUT2D eigenvalue weighted by Gasteiger charge is -2.30. The van der Waals surface area contributed by atoms with Gasteiger partial charge in [0.25, 0.3) is 5.91 Å². The summed E-state index contributed by atoms with van der Waals surface area (Å²) >= 11 is 0. The van der Waals surface area contributed by atoms with E-state index in [4.69, 9.17) is 11.5 Å². The van der Waals surface area contributed by atoms with E-state index in [0.717, 1.165) is 54.9 Å². The smallest absolute Gasteiger partial charge is 0.252 e. The first-order valence-corrected chi connectivity index (χ1v) is 11.2. The summed E-state index contributed by atoms with van der Waals surface area (Å²) < 4.78 is 16.8. The molecule has 1 amide bonds. The normalized spacial score (nSPS) is 20.9. The van der Waals surface area contributed by atoms with Crippen LogP contribution in [0.5, 0.6) is 0 Å². The highest BCUT2D eigenvalue weighted by Crippen LogP contribution is 2.33. The maximum atomic E-state index is 14.8. The third-order valence-electron chi connectivity index (χ3n) is 6.45. The number of nitrogens with zero attached hydrogens (tertiary/aromatic N) is 3. The average molecular weight is 438 g/mol. The lowest BCUT2D eigenvalue weighted by atomic mass is 9.91. The molecule has 0 radical (unpaired) electrons. The van der Waals surface area contributed by atoms with E-state index in [-0.39, 0.29) is 29.3 Å². The molecule has 0 aliphatic heterocycles. The number of fused-ring (bicyclic) bond motifs is 1. The van der Waals surface area contributed by atoms with Gasteiger partial charge in [0.1, 0.15) is 5.82 Å². The molecule has 9 heteroatoms. The van der Waals surface area contributed by atoms with Crippen LogP contribution in [-0.4, -0.2) is 32.8 Å². The molecule has 2 aliphatic rings. The second kappa shape index (κ2) is 8.38. The van der Waals surface area contributed by atoms with Crippen molar-refractivity contribution >= 4 is 34.1 Å². The Balaban J connectivity index is 1.48. The average Bonchev–Trinajstić information content (AvgIpc) is 3.50. The van der Waals surface area contributed by atoms with Crippen LogP contribution in [0.1, 0.15) is 48.9 Å². The number of nitrogens with one attached hydrogen (secondary N) is 2. The maximum absolute atomic E-state index is 14.8. The van der Waals surface area contributed by atoms with Crippen molar-refractivity contribution in [2.75, 3.05) is 10.6 Å². The van der Waals surface area contributed by atoms with Gasteiger partial charge in [-0.2, -0.15) is 5.10 Å². The van der Waals surface area contributed by atoms with E-state index in [1.54, 1.807) is 6.20 Å². The second-order valence-corrected chi connectivity index (χ2v) is 8.91. The molecule has 2 saturated carbocycles. The van der Waals surface area contributed by atoms with Gasteiger partial charge in [-0.1, -0.05) is 18.9 Å². The van der Waals surface area contributed by atoms with Gasteiger partial charge in [-0.05, 0) is 49.8 Å².